The molecule has 2 N–H and O–H groups in total. The fraction of sp³-hybridized carbons (Fsp3) is 0.500. The van der Waals surface area contributed by atoms with Crippen LogP contribution in [0.3, 0.4) is 0 Å². The number of nitrogens with zero attached hydrogens (tertiary/aromatic N) is 1. The summed E-state index contributed by atoms with van der Waals surface area (Å²) >= 11 is 2.24. The molecule has 0 aliphatic carbocycles. The molecular weight excluding hydrogens is 322 g/mol. The molecule has 106 valence electrons. The molecule has 0 aromatic rings. The molecule has 0 radical (unpaired) electrons. The standard InChI is InChI=1S/C12H15BrF2N2O2/c1-2-9(11(16)19)17-5-3-4-8(6-10(17)18)7-12(13,14)15/h3-5,9H,2,6-7H2,1H3,(H2,16,19). The molecule has 7 heteroatoms. The Balaban J connectivity index is 2.83. The van der Waals surface area contributed by atoms with Crippen molar-refractivity contribution < 1.29 is 18.4 Å². The first kappa shape index (κ1) is 15.8. The molecule has 0 bridgehead atoms. The van der Waals surface area contributed by atoms with Crippen LogP contribution in [-0.4, -0.2) is 27.6 Å². The molecule has 1 aliphatic rings. The van der Waals surface area contributed by atoms with Crippen LogP contribution in [0.2, 0.25) is 0 Å². The van der Waals surface area contributed by atoms with Gasteiger partial charge in [0, 0.05) is 19.0 Å². The third kappa shape index (κ3) is 4.74. The molecule has 0 fully saturated rings. The van der Waals surface area contributed by atoms with Gasteiger partial charge >= 0.3 is 4.83 Å². The second-order valence-electron chi connectivity index (χ2n) is 4.26. The minimum absolute atomic E-state index is 0.155. The van der Waals surface area contributed by atoms with Crippen molar-refractivity contribution in [1.29, 1.82) is 0 Å². The third-order valence-electron chi connectivity index (χ3n) is 2.72. The van der Waals surface area contributed by atoms with Crippen molar-refractivity contribution in [3.63, 3.8) is 0 Å². The highest BCUT2D eigenvalue weighted by molar-refractivity contribution is 9.10. The summed E-state index contributed by atoms with van der Waals surface area (Å²) < 4.78 is 25.7. The van der Waals surface area contributed by atoms with E-state index in [4.69, 9.17) is 5.73 Å². The fourth-order valence-electron chi connectivity index (χ4n) is 1.89. The van der Waals surface area contributed by atoms with Crippen molar-refractivity contribution in [1.82, 2.24) is 4.90 Å². The van der Waals surface area contributed by atoms with Crippen molar-refractivity contribution in [2.45, 2.75) is 37.1 Å². The van der Waals surface area contributed by atoms with Crippen LogP contribution in [0.15, 0.2) is 23.9 Å². The molecule has 0 spiro atoms. The van der Waals surface area contributed by atoms with Crippen LogP contribution in [0.5, 0.6) is 0 Å². The van der Waals surface area contributed by atoms with Crippen molar-refractivity contribution in [2.75, 3.05) is 0 Å². The van der Waals surface area contributed by atoms with Crippen LogP contribution in [0.25, 0.3) is 0 Å². The number of alkyl halides is 3. The normalized spacial score (nSPS) is 18.0. The van der Waals surface area contributed by atoms with E-state index in [2.05, 4.69) is 15.9 Å². The average Bonchev–Trinajstić information content (AvgIpc) is 2.39. The van der Waals surface area contributed by atoms with Crippen LogP contribution in [0.4, 0.5) is 8.78 Å². The number of rotatable bonds is 5. The van der Waals surface area contributed by atoms with Gasteiger partial charge in [-0.2, -0.15) is 8.78 Å². The van der Waals surface area contributed by atoms with Gasteiger partial charge in [-0.05, 0) is 28.4 Å². The van der Waals surface area contributed by atoms with Crippen molar-refractivity contribution in [2.24, 2.45) is 5.73 Å². The molecular formula is C12H15BrF2N2O2. The Kier molecular flexibility index (Phi) is 5.22. The highest BCUT2D eigenvalue weighted by Gasteiger charge is 2.30. The first-order valence-corrected chi connectivity index (χ1v) is 6.57. The fourth-order valence-corrected chi connectivity index (χ4v) is 2.25. The summed E-state index contributed by atoms with van der Waals surface area (Å²) in [5.74, 6) is -1.03. The lowest BCUT2D eigenvalue weighted by Gasteiger charge is -2.25. The second kappa shape index (κ2) is 6.27. The SMILES string of the molecule is CCC(C(N)=O)N1C=CC=C(CC(F)(F)Br)CC1=O. The highest BCUT2D eigenvalue weighted by Crippen LogP contribution is 2.32. The largest absolute Gasteiger partial charge is 0.368 e. The minimum Gasteiger partial charge on any atom is -0.368 e. The van der Waals surface area contributed by atoms with Gasteiger partial charge in [-0.15, -0.1) is 0 Å². The van der Waals surface area contributed by atoms with E-state index in [9.17, 15) is 18.4 Å². The molecule has 0 aromatic carbocycles. The Labute approximate surface area is 118 Å². The third-order valence-corrected chi connectivity index (χ3v) is 3.00. The Hall–Kier alpha value is -1.24. The Morgan fingerprint density at radius 3 is 2.74 bits per heavy atom. The summed E-state index contributed by atoms with van der Waals surface area (Å²) in [6.45, 7) is 1.72. The summed E-state index contributed by atoms with van der Waals surface area (Å²) in [5, 5.41) is 0. The predicted octanol–water partition coefficient (Wildman–Crippen LogP) is 2.30. The van der Waals surface area contributed by atoms with Gasteiger partial charge in [0.05, 0.1) is 0 Å². The lowest BCUT2D eigenvalue weighted by atomic mass is 10.1. The summed E-state index contributed by atoms with van der Waals surface area (Å²) in [7, 11) is 0. The van der Waals surface area contributed by atoms with Gasteiger partial charge in [-0.3, -0.25) is 9.59 Å². The van der Waals surface area contributed by atoms with Gasteiger partial charge < -0.3 is 10.6 Å². The first-order valence-electron chi connectivity index (χ1n) is 5.78. The van der Waals surface area contributed by atoms with E-state index in [1.165, 1.54) is 23.3 Å². The zero-order valence-corrected chi connectivity index (χ0v) is 12.0. The number of halogens is 3. The molecule has 0 saturated carbocycles. The van der Waals surface area contributed by atoms with Crippen molar-refractivity contribution in [3.05, 3.63) is 23.9 Å². The zero-order valence-electron chi connectivity index (χ0n) is 10.4. The van der Waals surface area contributed by atoms with Gasteiger partial charge in [0.2, 0.25) is 11.8 Å². The summed E-state index contributed by atoms with van der Waals surface area (Å²) in [4.78, 5) is 21.4. The Bertz CT molecular complexity index is 430. The number of amides is 2. The number of carbonyl (C=O) groups excluding carboxylic acids is 2. The summed E-state index contributed by atoms with van der Waals surface area (Å²) in [6.07, 6.45) is 4.00. The quantitative estimate of drug-likeness (QED) is 0.783. The molecule has 2 amide bonds. The second-order valence-corrected chi connectivity index (χ2v) is 5.42. The van der Waals surface area contributed by atoms with Gasteiger partial charge in [-0.25, -0.2) is 0 Å². The smallest absolute Gasteiger partial charge is 0.305 e. The van der Waals surface area contributed by atoms with Crippen molar-refractivity contribution in [3.8, 4) is 0 Å². The van der Waals surface area contributed by atoms with E-state index in [1.807, 2.05) is 0 Å². The molecule has 1 aliphatic heterocycles. The van der Waals surface area contributed by atoms with E-state index in [1.54, 1.807) is 6.92 Å². The van der Waals surface area contributed by atoms with E-state index >= 15 is 0 Å². The van der Waals surface area contributed by atoms with Crippen LogP contribution < -0.4 is 5.73 Å². The van der Waals surface area contributed by atoms with Crippen molar-refractivity contribution >= 4 is 27.7 Å². The van der Waals surface area contributed by atoms with E-state index in [-0.39, 0.29) is 6.42 Å². The molecule has 1 rings (SSSR count). The van der Waals surface area contributed by atoms with Gasteiger partial charge in [0.15, 0.2) is 0 Å². The topological polar surface area (TPSA) is 63.4 Å². The van der Waals surface area contributed by atoms with Crippen LogP contribution in [0, 0.1) is 0 Å². The number of primary amides is 1. The maximum atomic E-state index is 12.9. The van der Waals surface area contributed by atoms with E-state index < -0.39 is 29.1 Å². The number of allylic oxidation sites excluding steroid dienone is 2. The van der Waals surface area contributed by atoms with Crippen LogP contribution in [-0.2, 0) is 9.59 Å². The van der Waals surface area contributed by atoms with E-state index in [0.29, 0.717) is 12.0 Å². The van der Waals surface area contributed by atoms with Crippen LogP contribution in [0.1, 0.15) is 26.2 Å². The summed E-state index contributed by atoms with van der Waals surface area (Å²) in [6, 6.07) is -0.749. The van der Waals surface area contributed by atoms with Crippen LogP contribution >= 0.6 is 15.9 Å². The Morgan fingerprint density at radius 2 is 2.26 bits per heavy atom. The monoisotopic (exact) mass is 336 g/mol. The molecule has 1 unspecified atom stereocenters. The first-order chi connectivity index (χ1) is 8.74. The van der Waals surface area contributed by atoms with Gasteiger partial charge in [0.25, 0.3) is 0 Å². The molecule has 1 atom stereocenters. The minimum atomic E-state index is -3.05. The summed E-state index contributed by atoms with van der Waals surface area (Å²) in [5.41, 5.74) is 5.51. The van der Waals surface area contributed by atoms with Gasteiger partial charge in [0.1, 0.15) is 6.04 Å². The highest BCUT2D eigenvalue weighted by atomic mass is 79.9. The number of carbonyl (C=O) groups is 2. The Morgan fingerprint density at radius 1 is 1.63 bits per heavy atom. The maximum absolute atomic E-state index is 12.9. The number of nitrogens with two attached hydrogens (primary N) is 1. The van der Waals surface area contributed by atoms with Gasteiger partial charge in [-0.1, -0.05) is 18.6 Å². The molecule has 0 aromatic heterocycles. The number of hydrogen-bond donors (Lipinski definition) is 1. The molecule has 0 saturated heterocycles. The lowest BCUT2D eigenvalue weighted by Crippen LogP contribution is -2.44. The maximum Gasteiger partial charge on any atom is 0.305 e. The lowest BCUT2D eigenvalue weighted by molar-refractivity contribution is -0.135. The number of hydrogen-bond acceptors (Lipinski definition) is 2. The average molecular weight is 337 g/mol. The van der Waals surface area contributed by atoms with E-state index in [0.717, 1.165) is 0 Å². The zero-order chi connectivity index (χ0) is 14.6. The molecule has 4 nitrogen and oxygen atoms in total. The molecule has 1 heterocycles. The molecule has 19 heavy (non-hydrogen) atoms. The predicted molar refractivity (Wildman–Crippen MR) is 70.5 cm³/mol.